The van der Waals surface area contributed by atoms with Gasteiger partial charge in [0.25, 0.3) is 0 Å². The quantitative estimate of drug-likeness (QED) is 0.545. The molecule has 1 aromatic heterocycles. The lowest BCUT2D eigenvalue weighted by molar-refractivity contribution is 0.172. The zero-order valence-corrected chi connectivity index (χ0v) is 17.9. The third-order valence-electron chi connectivity index (χ3n) is 5.47. The monoisotopic (exact) mass is 394 g/mol. The zero-order chi connectivity index (χ0) is 18.2. The molecular formula is C20H34N4S2. The van der Waals surface area contributed by atoms with Crippen molar-refractivity contribution in [1.29, 1.82) is 0 Å². The standard InChI is InChI=1S/C20H34N4S2/c1-3-21-20(23-17-8-9-18(12-17)25-2)22-13-16-6-4-10-24(14-16)15-19-7-5-11-26-19/h5,7,11,16-18H,3-4,6,8-10,12-15H2,1-2H3,(H2,21,22,23). The lowest BCUT2D eigenvalue weighted by Crippen LogP contribution is -2.43. The molecule has 2 N–H and O–H groups in total. The minimum Gasteiger partial charge on any atom is -0.357 e. The van der Waals surface area contributed by atoms with E-state index < -0.39 is 0 Å². The van der Waals surface area contributed by atoms with Crippen LogP contribution in [0.25, 0.3) is 0 Å². The van der Waals surface area contributed by atoms with Crippen LogP contribution in [0.3, 0.4) is 0 Å². The van der Waals surface area contributed by atoms with Gasteiger partial charge >= 0.3 is 0 Å². The van der Waals surface area contributed by atoms with Gasteiger partial charge in [-0.05, 0) is 69.2 Å². The molecule has 0 bridgehead atoms. The molecule has 0 spiro atoms. The van der Waals surface area contributed by atoms with Gasteiger partial charge in [0.15, 0.2) is 5.96 Å². The number of guanidine groups is 1. The van der Waals surface area contributed by atoms with Crippen LogP contribution in [0.2, 0.25) is 0 Å². The number of nitrogens with zero attached hydrogens (tertiary/aromatic N) is 2. The molecule has 0 amide bonds. The molecule has 3 rings (SSSR count). The van der Waals surface area contributed by atoms with Gasteiger partial charge < -0.3 is 10.6 Å². The summed E-state index contributed by atoms with van der Waals surface area (Å²) < 4.78 is 0. The third-order valence-corrected chi connectivity index (χ3v) is 7.43. The fraction of sp³-hybridized carbons (Fsp3) is 0.750. The summed E-state index contributed by atoms with van der Waals surface area (Å²) in [7, 11) is 0. The van der Waals surface area contributed by atoms with Crippen molar-refractivity contribution in [3.8, 4) is 0 Å². The number of piperidine rings is 1. The molecular weight excluding hydrogens is 360 g/mol. The van der Waals surface area contributed by atoms with E-state index in [4.69, 9.17) is 4.99 Å². The first-order valence-corrected chi connectivity index (χ1v) is 12.3. The summed E-state index contributed by atoms with van der Waals surface area (Å²) in [5, 5.41) is 10.1. The maximum atomic E-state index is 4.95. The Morgan fingerprint density at radius 2 is 2.31 bits per heavy atom. The summed E-state index contributed by atoms with van der Waals surface area (Å²) in [6.07, 6.45) is 8.71. The minimum absolute atomic E-state index is 0.590. The molecule has 2 heterocycles. The lowest BCUT2D eigenvalue weighted by Gasteiger charge is -2.31. The van der Waals surface area contributed by atoms with Gasteiger partial charge in [0.2, 0.25) is 0 Å². The minimum atomic E-state index is 0.590. The van der Waals surface area contributed by atoms with E-state index in [0.29, 0.717) is 12.0 Å². The summed E-state index contributed by atoms with van der Waals surface area (Å²) >= 11 is 3.88. The molecule has 1 aliphatic carbocycles. The fourth-order valence-electron chi connectivity index (χ4n) is 4.09. The number of hydrogen-bond acceptors (Lipinski definition) is 4. The second-order valence-corrected chi connectivity index (χ2v) is 9.72. The van der Waals surface area contributed by atoms with Gasteiger partial charge in [-0.15, -0.1) is 11.3 Å². The van der Waals surface area contributed by atoms with Crippen LogP contribution in [0.5, 0.6) is 0 Å². The van der Waals surface area contributed by atoms with E-state index in [0.717, 1.165) is 30.8 Å². The second-order valence-electron chi connectivity index (χ2n) is 7.55. The van der Waals surface area contributed by atoms with Crippen LogP contribution in [0.1, 0.15) is 43.9 Å². The van der Waals surface area contributed by atoms with E-state index in [1.54, 1.807) is 0 Å². The number of rotatable bonds is 7. The van der Waals surface area contributed by atoms with Crippen molar-refractivity contribution in [1.82, 2.24) is 15.5 Å². The first-order valence-electron chi connectivity index (χ1n) is 10.1. The average molecular weight is 395 g/mol. The number of hydrogen-bond donors (Lipinski definition) is 2. The van der Waals surface area contributed by atoms with Crippen molar-refractivity contribution in [2.45, 2.75) is 56.9 Å². The maximum absolute atomic E-state index is 4.95. The molecule has 0 radical (unpaired) electrons. The highest BCUT2D eigenvalue weighted by Gasteiger charge is 2.25. The molecule has 3 atom stereocenters. The first-order chi connectivity index (χ1) is 12.8. The van der Waals surface area contributed by atoms with Crippen molar-refractivity contribution < 1.29 is 0 Å². The van der Waals surface area contributed by atoms with Crippen LogP contribution < -0.4 is 10.6 Å². The van der Waals surface area contributed by atoms with Gasteiger partial charge in [-0.25, -0.2) is 0 Å². The molecule has 1 aliphatic heterocycles. The Bertz CT molecular complexity index is 546. The van der Waals surface area contributed by atoms with E-state index in [1.807, 2.05) is 23.1 Å². The Hall–Kier alpha value is -0.720. The largest absolute Gasteiger partial charge is 0.357 e. The van der Waals surface area contributed by atoms with Crippen LogP contribution >= 0.6 is 23.1 Å². The summed E-state index contributed by atoms with van der Waals surface area (Å²) in [6.45, 7) is 7.54. The molecule has 2 fully saturated rings. The predicted molar refractivity (Wildman–Crippen MR) is 116 cm³/mol. The Kier molecular flexibility index (Phi) is 8.14. The van der Waals surface area contributed by atoms with Crippen LogP contribution in [-0.2, 0) is 6.54 Å². The molecule has 26 heavy (non-hydrogen) atoms. The zero-order valence-electron chi connectivity index (χ0n) is 16.2. The summed E-state index contributed by atoms with van der Waals surface area (Å²) in [5.74, 6) is 1.70. The van der Waals surface area contributed by atoms with E-state index in [9.17, 15) is 0 Å². The Morgan fingerprint density at radius 1 is 1.38 bits per heavy atom. The van der Waals surface area contributed by atoms with Crippen LogP contribution in [0.4, 0.5) is 0 Å². The first kappa shape index (κ1) is 20.0. The number of thioether (sulfide) groups is 1. The number of nitrogens with one attached hydrogen (secondary N) is 2. The molecule has 3 unspecified atom stereocenters. The van der Waals surface area contributed by atoms with Gasteiger partial charge in [0.1, 0.15) is 0 Å². The van der Waals surface area contributed by atoms with Crippen LogP contribution in [-0.4, -0.2) is 54.6 Å². The van der Waals surface area contributed by atoms with Crippen molar-refractivity contribution in [3.63, 3.8) is 0 Å². The van der Waals surface area contributed by atoms with E-state index in [-0.39, 0.29) is 0 Å². The van der Waals surface area contributed by atoms with E-state index in [2.05, 4.69) is 46.2 Å². The number of thiophene rings is 1. The molecule has 1 saturated heterocycles. The molecule has 4 nitrogen and oxygen atoms in total. The average Bonchev–Trinajstić information content (AvgIpc) is 3.32. The summed E-state index contributed by atoms with van der Waals surface area (Å²) in [5.41, 5.74) is 0. The highest BCUT2D eigenvalue weighted by Crippen LogP contribution is 2.28. The summed E-state index contributed by atoms with van der Waals surface area (Å²) in [4.78, 5) is 9.03. The third kappa shape index (κ3) is 6.17. The molecule has 146 valence electrons. The van der Waals surface area contributed by atoms with E-state index in [1.165, 1.54) is 50.1 Å². The van der Waals surface area contributed by atoms with Gasteiger partial charge in [-0.1, -0.05) is 6.07 Å². The van der Waals surface area contributed by atoms with E-state index >= 15 is 0 Å². The lowest BCUT2D eigenvalue weighted by atomic mass is 9.98. The molecule has 0 aromatic carbocycles. The molecule has 1 aromatic rings. The molecule has 2 aliphatic rings. The Balaban J connectivity index is 1.48. The normalized spacial score (nSPS) is 27.6. The van der Waals surface area contributed by atoms with Crippen molar-refractivity contribution in [2.24, 2.45) is 10.9 Å². The Morgan fingerprint density at radius 3 is 3.04 bits per heavy atom. The Labute approximate surface area is 167 Å². The maximum Gasteiger partial charge on any atom is 0.191 e. The van der Waals surface area contributed by atoms with Crippen molar-refractivity contribution in [2.75, 3.05) is 32.4 Å². The summed E-state index contributed by atoms with van der Waals surface area (Å²) in [6, 6.07) is 5.00. The SMILES string of the molecule is CCNC(=NCC1CCCN(Cc2cccs2)C1)NC1CCC(SC)C1. The van der Waals surface area contributed by atoms with Crippen LogP contribution in [0.15, 0.2) is 22.5 Å². The molecule has 1 saturated carbocycles. The van der Waals surface area contributed by atoms with Gasteiger partial charge in [0.05, 0.1) is 0 Å². The smallest absolute Gasteiger partial charge is 0.191 e. The highest BCUT2D eigenvalue weighted by atomic mass is 32.2. The van der Waals surface area contributed by atoms with Gasteiger partial charge in [-0.2, -0.15) is 11.8 Å². The number of likely N-dealkylation sites (tertiary alicyclic amines) is 1. The topological polar surface area (TPSA) is 39.7 Å². The molecule has 6 heteroatoms. The van der Waals surface area contributed by atoms with Gasteiger partial charge in [-0.3, -0.25) is 9.89 Å². The van der Waals surface area contributed by atoms with Crippen LogP contribution in [0, 0.1) is 5.92 Å². The predicted octanol–water partition coefficient (Wildman–Crippen LogP) is 3.80. The number of aliphatic imine (C=N–C) groups is 1. The van der Waals surface area contributed by atoms with Crippen molar-refractivity contribution in [3.05, 3.63) is 22.4 Å². The fourth-order valence-corrected chi connectivity index (χ4v) is 5.63. The van der Waals surface area contributed by atoms with Gasteiger partial charge in [0, 0.05) is 42.3 Å². The van der Waals surface area contributed by atoms with Crippen molar-refractivity contribution >= 4 is 29.1 Å². The highest BCUT2D eigenvalue weighted by molar-refractivity contribution is 7.99. The second kappa shape index (κ2) is 10.6.